The summed E-state index contributed by atoms with van der Waals surface area (Å²) in [5, 5.41) is 0. The van der Waals surface area contributed by atoms with E-state index in [0.29, 0.717) is 5.60 Å². The average Bonchev–Trinajstić information content (AvgIpc) is 2.55. The largest absolute Gasteiger partial charge is 0.375 e. The van der Waals surface area contributed by atoms with Crippen LogP contribution in [0.15, 0.2) is 0 Å². The smallest absolute Gasteiger partial charge is 0.0683 e. The zero-order valence-electron chi connectivity index (χ0n) is 8.14. The first-order valence-electron chi connectivity index (χ1n) is 5.49. The van der Waals surface area contributed by atoms with Gasteiger partial charge in [0.2, 0.25) is 0 Å². The van der Waals surface area contributed by atoms with Crippen molar-refractivity contribution in [1.29, 1.82) is 0 Å². The summed E-state index contributed by atoms with van der Waals surface area (Å²) in [7, 11) is 0. The van der Waals surface area contributed by atoms with Crippen LogP contribution >= 0.6 is 0 Å². The molecule has 1 aliphatic carbocycles. The molecule has 0 amide bonds. The van der Waals surface area contributed by atoms with Gasteiger partial charge in [0.25, 0.3) is 0 Å². The predicted molar refractivity (Wildman–Crippen MR) is 50.2 cm³/mol. The zero-order valence-corrected chi connectivity index (χ0v) is 8.14. The summed E-state index contributed by atoms with van der Waals surface area (Å²) >= 11 is 0. The van der Waals surface area contributed by atoms with Crippen LogP contribution in [0.1, 0.15) is 51.9 Å². The van der Waals surface area contributed by atoms with Crippen LogP contribution in [0.4, 0.5) is 0 Å². The van der Waals surface area contributed by atoms with Crippen molar-refractivity contribution >= 4 is 0 Å². The van der Waals surface area contributed by atoms with E-state index in [1.807, 2.05) is 0 Å². The van der Waals surface area contributed by atoms with Crippen molar-refractivity contribution in [1.82, 2.24) is 0 Å². The van der Waals surface area contributed by atoms with E-state index < -0.39 is 0 Å². The molecule has 0 bridgehead atoms. The molecule has 0 atom stereocenters. The predicted octanol–water partition coefficient (Wildman–Crippen LogP) is 3.14. The van der Waals surface area contributed by atoms with Gasteiger partial charge in [-0.3, -0.25) is 0 Å². The summed E-state index contributed by atoms with van der Waals surface area (Å²) < 4.78 is 5.87. The second-order valence-electron chi connectivity index (χ2n) is 4.49. The fourth-order valence-corrected chi connectivity index (χ4v) is 2.76. The number of hydrogen-bond acceptors (Lipinski definition) is 1. The summed E-state index contributed by atoms with van der Waals surface area (Å²) in [6.45, 7) is 3.34. The van der Waals surface area contributed by atoms with Crippen LogP contribution < -0.4 is 0 Å². The van der Waals surface area contributed by atoms with Crippen LogP contribution in [-0.2, 0) is 4.74 Å². The Bertz CT molecular complexity index is 137. The second-order valence-corrected chi connectivity index (χ2v) is 4.49. The minimum Gasteiger partial charge on any atom is -0.375 e. The minimum absolute atomic E-state index is 0.353. The summed E-state index contributed by atoms with van der Waals surface area (Å²) in [4.78, 5) is 0. The molecule has 2 rings (SSSR count). The molecule has 0 aromatic carbocycles. The summed E-state index contributed by atoms with van der Waals surface area (Å²) in [5.74, 6) is 1.000. The van der Waals surface area contributed by atoms with Crippen LogP contribution in [0.5, 0.6) is 0 Å². The Labute approximate surface area is 75.5 Å². The molecule has 2 aliphatic rings. The molecule has 1 saturated carbocycles. The zero-order chi connectivity index (χ0) is 8.44. The third kappa shape index (κ3) is 1.52. The van der Waals surface area contributed by atoms with Gasteiger partial charge in [-0.2, -0.15) is 0 Å². The Morgan fingerprint density at radius 1 is 1.25 bits per heavy atom. The van der Waals surface area contributed by atoms with Crippen molar-refractivity contribution in [3.63, 3.8) is 0 Å². The first kappa shape index (κ1) is 8.55. The van der Waals surface area contributed by atoms with Crippen LogP contribution in [-0.4, -0.2) is 12.2 Å². The maximum Gasteiger partial charge on any atom is 0.0683 e. The van der Waals surface area contributed by atoms with E-state index in [1.54, 1.807) is 0 Å². The molecular weight excluding hydrogens is 148 g/mol. The summed E-state index contributed by atoms with van der Waals surface area (Å²) in [6.07, 6.45) is 9.51. The Balaban J connectivity index is 1.88. The lowest BCUT2D eigenvalue weighted by Gasteiger charge is -2.36. The van der Waals surface area contributed by atoms with Gasteiger partial charge in [0.15, 0.2) is 0 Å². The SMILES string of the molecule is CC[C@H]1CC[C@@]2(CCCO2)CC1. The van der Waals surface area contributed by atoms with Gasteiger partial charge in [-0.25, -0.2) is 0 Å². The van der Waals surface area contributed by atoms with Crippen molar-refractivity contribution < 1.29 is 4.74 Å². The molecule has 12 heavy (non-hydrogen) atoms. The molecule has 1 nitrogen and oxygen atoms in total. The van der Waals surface area contributed by atoms with Gasteiger partial charge < -0.3 is 4.74 Å². The number of hydrogen-bond donors (Lipinski definition) is 0. The molecule has 70 valence electrons. The van der Waals surface area contributed by atoms with Gasteiger partial charge in [0.1, 0.15) is 0 Å². The van der Waals surface area contributed by atoms with E-state index in [2.05, 4.69) is 6.92 Å². The Kier molecular flexibility index (Phi) is 2.40. The van der Waals surface area contributed by atoms with Crippen LogP contribution in [0.25, 0.3) is 0 Å². The van der Waals surface area contributed by atoms with E-state index in [4.69, 9.17) is 4.74 Å². The first-order valence-corrected chi connectivity index (χ1v) is 5.49. The summed E-state index contributed by atoms with van der Waals surface area (Å²) in [5.41, 5.74) is 0.353. The second kappa shape index (κ2) is 3.37. The Morgan fingerprint density at radius 2 is 2.00 bits per heavy atom. The molecule has 0 aromatic rings. The molecule has 1 spiro atoms. The highest BCUT2D eigenvalue weighted by atomic mass is 16.5. The fourth-order valence-electron chi connectivity index (χ4n) is 2.76. The average molecular weight is 168 g/mol. The monoisotopic (exact) mass is 168 g/mol. The molecule has 2 fully saturated rings. The maximum absolute atomic E-state index is 5.87. The van der Waals surface area contributed by atoms with Crippen molar-refractivity contribution in [3.8, 4) is 0 Å². The quantitative estimate of drug-likeness (QED) is 0.584. The van der Waals surface area contributed by atoms with Crippen LogP contribution in [0, 0.1) is 5.92 Å². The molecule has 0 aromatic heterocycles. The van der Waals surface area contributed by atoms with Gasteiger partial charge in [0, 0.05) is 6.61 Å². The van der Waals surface area contributed by atoms with E-state index in [0.717, 1.165) is 12.5 Å². The highest BCUT2D eigenvalue weighted by molar-refractivity contribution is 4.89. The normalized spacial score (nSPS) is 42.2. The van der Waals surface area contributed by atoms with Gasteiger partial charge in [-0.1, -0.05) is 13.3 Å². The van der Waals surface area contributed by atoms with Crippen molar-refractivity contribution in [2.24, 2.45) is 5.92 Å². The highest BCUT2D eigenvalue weighted by Gasteiger charge is 2.38. The molecule has 1 saturated heterocycles. The van der Waals surface area contributed by atoms with E-state index in [-0.39, 0.29) is 0 Å². The number of ether oxygens (including phenoxy) is 1. The van der Waals surface area contributed by atoms with Crippen molar-refractivity contribution in [2.45, 2.75) is 57.5 Å². The molecule has 0 radical (unpaired) electrons. The van der Waals surface area contributed by atoms with Crippen molar-refractivity contribution in [2.75, 3.05) is 6.61 Å². The molecule has 1 heterocycles. The number of rotatable bonds is 1. The van der Waals surface area contributed by atoms with Gasteiger partial charge >= 0.3 is 0 Å². The summed E-state index contributed by atoms with van der Waals surface area (Å²) in [6, 6.07) is 0. The molecule has 0 N–H and O–H groups in total. The third-order valence-corrected chi connectivity index (χ3v) is 3.78. The molecule has 0 unspecified atom stereocenters. The lowest BCUT2D eigenvalue weighted by atomic mass is 9.76. The van der Waals surface area contributed by atoms with Crippen molar-refractivity contribution in [3.05, 3.63) is 0 Å². The van der Waals surface area contributed by atoms with E-state index in [1.165, 1.54) is 44.9 Å². The van der Waals surface area contributed by atoms with Gasteiger partial charge in [0.05, 0.1) is 5.60 Å². The Morgan fingerprint density at radius 3 is 2.50 bits per heavy atom. The molecule has 1 aliphatic heterocycles. The standard InChI is InChI=1S/C11H20O/c1-2-10-4-7-11(8-5-10)6-3-9-12-11/h10H,2-9H2,1H3/t10-,11-. The van der Waals surface area contributed by atoms with E-state index >= 15 is 0 Å². The molecule has 1 heteroatoms. The lowest BCUT2D eigenvalue weighted by molar-refractivity contribution is -0.0349. The maximum atomic E-state index is 5.87. The van der Waals surface area contributed by atoms with Gasteiger partial charge in [-0.15, -0.1) is 0 Å². The van der Waals surface area contributed by atoms with Gasteiger partial charge in [-0.05, 0) is 44.4 Å². The minimum atomic E-state index is 0.353. The highest BCUT2D eigenvalue weighted by Crippen LogP contribution is 2.41. The molecular formula is C11H20O. The van der Waals surface area contributed by atoms with E-state index in [9.17, 15) is 0 Å². The van der Waals surface area contributed by atoms with Crippen LogP contribution in [0.2, 0.25) is 0 Å². The van der Waals surface area contributed by atoms with Crippen LogP contribution in [0.3, 0.4) is 0 Å². The lowest BCUT2D eigenvalue weighted by Crippen LogP contribution is -2.33. The topological polar surface area (TPSA) is 9.23 Å². The third-order valence-electron chi connectivity index (χ3n) is 3.78. The fraction of sp³-hybridized carbons (Fsp3) is 1.00. The first-order chi connectivity index (χ1) is 5.85. The Hall–Kier alpha value is -0.0400.